The second kappa shape index (κ2) is 5.89. The van der Waals surface area contributed by atoms with E-state index in [-0.39, 0.29) is 5.97 Å². The number of esters is 1. The van der Waals surface area contributed by atoms with Crippen molar-refractivity contribution in [3.05, 3.63) is 78.9 Å². The third-order valence-electron chi connectivity index (χ3n) is 4.71. The zero-order valence-corrected chi connectivity index (χ0v) is 14.4. The van der Waals surface area contributed by atoms with E-state index in [2.05, 4.69) is 72.8 Å². The molecule has 0 saturated heterocycles. The lowest BCUT2D eigenvalue weighted by molar-refractivity contribution is -0.137. The van der Waals surface area contributed by atoms with E-state index in [0.717, 1.165) is 0 Å². The fourth-order valence-electron chi connectivity index (χ4n) is 3.68. The fourth-order valence-corrected chi connectivity index (χ4v) is 8.11. The van der Waals surface area contributed by atoms with Gasteiger partial charge in [0.05, 0.1) is 7.11 Å². The number of benzene rings is 3. The van der Waals surface area contributed by atoms with E-state index in [9.17, 15) is 4.79 Å². The molecule has 118 valence electrons. The van der Waals surface area contributed by atoms with E-state index in [1.54, 1.807) is 0 Å². The largest absolute Gasteiger partial charge is 0.466 e. The van der Waals surface area contributed by atoms with Crippen molar-refractivity contribution in [3.8, 4) is 11.1 Å². The van der Waals surface area contributed by atoms with Crippen LogP contribution in [0.2, 0.25) is 0 Å². The Morgan fingerprint density at radius 1 is 0.792 bits per heavy atom. The third kappa shape index (κ3) is 2.11. The van der Waals surface area contributed by atoms with Crippen LogP contribution >= 0.6 is 7.26 Å². The Bertz CT molecular complexity index is 857. The molecule has 0 atom stereocenters. The quantitative estimate of drug-likeness (QED) is 0.544. The SMILES string of the molecule is COC(=O)C[P+]1(c2ccccc2)c2ccccc2-c2ccccc21. The lowest BCUT2D eigenvalue weighted by Gasteiger charge is -2.23. The van der Waals surface area contributed by atoms with E-state index in [4.69, 9.17) is 4.74 Å². The summed E-state index contributed by atoms with van der Waals surface area (Å²) in [5.74, 6) is -0.154. The number of hydrogen-bond acceptors (Lipinski definition) is 2. The molecule has 1 heterocycles. The minimum atomic E-state index is -2.03. The molecule has 0 N–H and O–H groups in total. The molecular weight excluding hydrogens is 315 g/mol. The Balaban J connectivity index is 2.08. The minimum Gasteiger partial charge on any atom is -0.466 e. The highest BCUT2D eigenvalue weighted by atomic mass is 31.2. The molecule has 2 nitrogen and oxygen atoms in total. The Hall–Kier alpha value is -2.44. The van der Waals surface area contributed by atoms with Gasteiger partial charge in [-0.25, -0.2) is 4.79 Å². The molecule has 0 aromatic heterocycles. The van der Waals surface area contributed by atoms with E-state index in [0.29, 0.717) is 6.16 Å². The number of fused-ring (bicyclic) bond motifs is 3. The molecule has 0 bridgehead atoms. The van der Waals surface area contributed by atoms with Crippen LogP contribution in [0.3, 0.4) is 0 Å². The normalized spacial score (nSPS) is 13.9. The molecule has 0 amide bonds. The first-order valence-corrected chi connectivity index (χ1v) is 9.95. The van der Waals surface area contributed by atoms with Crippen molar-refractivity contribution in [2.24, 2.45) is 0 Å². The van der Waals surface area contributed by atoms with Gasteiger partial charge in [-0.05, 0) is 24.3 Å². The maximum Gasteiger partial charge on any atom is 0.344 e. The Morgan fingerprint density at radius 3 is 1.83 bits per heavy atom. The van der Waals surface area contributed by atoms with E-state index in [1.165, 1.54) is 34.2 Å². The maximum atomic E-state index is 12.4. The molecule has 3 aromatic rings. The molecule has 0 spiro atoms. The highest BCUT2D eigenvalue weighted by molar-refractivity contribution is 7.97. The van der Waals surface area contributed by atoms with Gasteiger partial charge in [0.1, 0.15) is 23.2 Å². The zero-order chi connectivity index (χ0) is 16.6. The van der Waals surface area contributed by atoms with Gasteiger partial charge in [0.15, 0.2) is 6.16 Å². The molecule has 0 radical (unpaired) electrons. The van der Waals surface area contributed by atoms with Crippen molar-refractivity contribution in [1.29, 1.82) is 0 Å². The third-order valence-corrected chi connectivity index (χ3v) is 9.05. The summed E-state index contributed by atoms with van der Waals surface area (Å²) in [6.45, 7) is 0. The molecule has 24 heavy (non-hydrogen) atoms. The zero-order valence-electron chi connectivity index (χ0n) is 13.5. The summed E-state index contributed by atoms with van der Waals surface area (Å²) in [6, 6.07) is 27.4. The molecule has 0 saturated carbocycles. The van der Waals surface area contributed by atoms with Crippen LogP contribution in [0.1, 0.15) is 0 Å². The summed E-state index contributed by atoms with van der Waals surface area (Å²) in [5.41, 5.74) is 2.49. The van der Waals surface area contributed by atoms with Crippen molar-refractivity contribution in [2.75, 3.05) is 13.3 Å². The van der Waals surface area contributed by atoms with Gasteiger partial charge in [0, 0.05) is 11.1 Å². The van der Waals surface area contributed by atoms with Crippen LogP contribution in [-0.4, -0.2) is 19.2 Å². The summed E-state index contributed by atoms with van der Waals surface area (Å²) in [4.78, 5) is 12.4. The number of rotatable bonds is 3. The maximum absolute atomic E-state index is 12.4. The van der Waals surface area contributed by atoms with Gasteiger partial charge in [-0.15, -0.1) is 0 Å². The average Bonchev–Trinajstić information content (AvgIpc) is 2.94. The molecule has 0 fully saturated rings. The second-order valence-electron chi connectivity index (χ2n) is 5.91. The predicted molar refractivity (Wildman–Crippen MR) is 101 cm³/mol. The van der Waals surface area contributed by atoms with Crippen LogP contribution in [0.5, 0.6) is 0 Å². The van der Waals surface area contributed by atoms with Crippen LogP contribution in [0.25, 0.3) is 11.1 Å². The standard InChI is InChI=1S/C21H18O2P/c1-23-21(22)15-24(16-9-3-2-4-10-16)19-13-7-5-11-17(19)18-12-6-8-14-20(18)24/h2-14H,15H2,1H3/q+1. The van der Waals surface area contributed by atoms with Crippen LogP contribution in [0.15, 0.2) is 78.9 Å². The van der Waals surface area contributed by atoms with Gasteiger partial charge >= 0.3 is 5.97 Å². The minimum absolute atomic E-state index is 0.154. The van der Waals surface area contributed by atoms with E-state index < -0.39 is 7.26 Å². The number of methoxy groups -OCH3 is 1. The first kappa shape index (κ1) is 15.1. The van der Waals surface area contributed by atoms with Crippen molar-refractivity contribution >= 4 is 29.1 Å². The van der Waals surface area contributed by atoms with Gasteiger partial charge < -0.3 is 4.74 Å². The molecule has 1 aliphatic heterocycles. The first-order chi connectivity index (χ1) is 11.8. The Morgan fingerprint density at radius 2 is 1.29 bits per heavy atom. The summed E-state index contributed by atoms with van der Waals surface area (Å²) in [6.07, 6.45) is 0.404. The topological polar surface area (TPSA) is 26.3 Å². The highest BCUT2D eigenvalue weighted by Crippen LogP contribution is 2.61. The molecule has 1 aliphatic rings. The molecule has 0 unspecified atom stereocenters. The van der Waals surface area contributed by atoms with E-state index >= 15 is 0 Å². The van der Waals surface area contributed by atoms with Crippen LogP contribution in [0, 0.1) is 0 Å². The summed E-state index contributed by atoms with van der Waals surface area (Å²) in [7, 11) is -0.556. The molecule has 0 aliphatic carbocycles. The number of hydrogen-bond donors (Lipinski definition) is 0. The van der Waals surface area contributed by atoms with Crippen LogP contribution in [0.4, 0.5) is 0 Å². The van der Waals surface area contributed by atoms with Crippen molar-refractivity contribution < 1.29 is 9.53 Å². The average molecular weight is 333 g/mol. The van der Waals surface area contributed by atoms with E-state index in [1.807, 2.05) is 6.07 Å². The highest BCUT2D eigenvalue weighted by Gasteiger charge is 2.54. The number of ether oxygens (including phenoxy) is 1. The predicted octanol–water partition coefficient (Wildman–Crippen LogP) is 3.13. The number of carbonyl (C=O) groups is 1. The Kier molecular flexibility index (Phi) is 3.70. The van der Waals surface area contributed by atoms with Crippen LogP contribution < -0.4 is 15.9 Å². The smallest absolute Gasteiger partial charge is 0.344 e. The number of carbonyl (C=O) groups excluding carboxylic acids is 1. The molecular formula is C21H18O2P+. The Labute approximate surface area is 142 Å². The van der Waals surface area contributed by atoms with Crippen molar-refractivity contribution in [2.45, 2.75) is 0 Å². The van der Waals surface area contributed by atoms with Gasteiger partial charge in [-0.3, -0.25) is 0 Å². The lowest BCUT2D eigenvalue weighted by Crippen LogP contribution is -2.33. The summed E-state index contributed by atoms with van der Waals surface area (Å²) < 4.78 is 5.08. The first-order valence-electron chi connectivity index (χ1n) is 7.97. The monoisotopic (exact) mass is 333 g/mol. The fraction of sp³-hybridized carbons (Fsp3) is 0.0952. The van der Waals surface area contributed by atoms with Crippen LogP contribution in [-0.2, 0) is 9.53 Å². The van der Waals surface area contributed by atoms with Gasteiger partial charge in [-0.1, -0.05) is 54.6 Å². The van der Waals surface area contributed by atoms with Crippen molar-refractivity contribution in [3.63, 3.8) is 0 Å². The summed E-state index contributed by atoms with van der Waals surface area (Å²) >= 11 is 0. The second-order valence-corrected chi connectivity index (χ2v) is 9.33. The van der Waals surface area contributed by atoms with Gasteiger partial charge in [0.25, 0.3) is 0 Å². The molecule has 3 heteroatoms. The van der Waals surface area contributed by atoms with Gasteiger partial charge in [-0.2, -0.15) is 0 Å². The molecule has 3 aromatic carbocycles. The molecule has 4 rings (SSSR count). The van der Waals surface area contributed by atoms with Gasteiger partial charge in [0.2, 0.25) is 0 Å². The summed E-state index contributed by atoms with van der Waals surface area (Å²) in [5, 5.41) is 3.79. The lowest BCUT2D eigenvalue weighted by atomic mass is 10.1. The van der Waals surface area contributed by atoms with Crippen molar-refractivity contribution in [1.82, 2.24) is 0 Å².